The van der Waals surface area contributed by atoms with Crippen LogP contribution < -0.4 is 5.32 Å². The average molecular weight is 179 g/mol. The van der Waals surface area contributed by atoms with Gasteiger partial charge in [0, 0.05) is 38.3 Å². The standard InChI is InChI=1S/C9H13N3O/c1-7(13)11-8-2-3-9-10-4-5-12(9)6-8/h4-5,8H,2-3,6H2,1H3,(H,11,13). The molecule has 1 aromatic rings. The first kappa shape index (κ1) is 8.29. The minimum Gasteiger partial charge on any atom is -0.352 e. The summed E-state index contributed by atoms with van der Waals surface area (Å²) in [6.07, 6.45) is 5.73. The predicted molar refractivity (Wildman–Crippen MR) is 48.2 cm³/mol. The molecule has 13 heavy (non-hydrogen) atoms. The largest absolute Gasteiger partial charge is 0.352 e. The highest BCUT2D eigenvalue weighted by molar-refractivity contribution is 5.73. The Morgan fingerprint density at radius 3 is 3.38 bits per heavy atom. The highest BCUT2D eigenvalue weighted by Crippen LogP contribution is 2.12. The average Bonchev–Trinajstić information content (AvgIpc) is 2.49. The Kier molecular flexibility index (Phi) is 2.04. The van der Waals surface area contributed by atoms with Crippen molar-refractivity contribution in [2.45, 2.75) is 32.4 Å². The van der Waals surface area contributed by atoms with Gasteiger partial charge in [-0.05, 0) is 6.42 Å². The van der Waals surface area contributed by atoms with Crippen molar-refractivity contribution in [3.63, 3.8) is 0 Å². The summed E-state index contributed by atoms with van der Waals surface area (Å²) in [5.74, 6) is 1.18. The number of aromatic nitrogens is 2. The smallest absolute Gasteiger partial charge is 0.217 e. The van der Waals surface area contributed by atoms with Crippen molar-refractivity contribution in [2.24, 2.45) is 0 Å². The minimum absolute atomic E-state index is 0.0496. The highest BCUT2D eigenvalue weighted by atomic mass is 16.1. The van der Waals surface area contributed by atoms with Gasteiger partial charge in [-0.1, -0.05) is 0 Å². The van der Waals surface area contributed by atoms with Crippen LogP contribution in [0, 0.1) is 0 Å². The normalized spacial score (nSPS) is 20.8. The summed E-state index contributed by atoms with van der Waals surface area (Å²) in [5.41, 5.74) is 0. The number of nitrogens with zero attached hydrogens (tertiary/aromatic N) is 2. The van der Waals surface area contributed by atoms with Gasteiger partial charge in [0.25, 0.3) is 0 Å². The van der Waals surface area contributed by atoms with Crippen LogP contribution >= 0.6 is 0 Å². The minimum atomic E-state index is 0.0496. The number of imidazole rings is 1. The zero-order valence-corrected chi connectivity index (χ0v) is 7.66. The number of carbonyl (C=O) groups excluding carboxylic acids is 1. The molecule has 1 N–H and O–H groups in total. The van der Waals surface area contributed by atoms with E-state index in [0.29, 0.717) is 0 Å². The van der Waals surface area contributed by atoms with Gasteiger partial charge < -0.3 is 9.88 Å². The van der Waals surface area contributed by atoms with Gasteiger partial charge in [0.2, 0.25) is 5.91 Å². The van der Waals surface area contributed by atoms with Crippen LogP contribution in [0.25, 0.3) is 0 Å². The lowest BCUT2D eigenvalue weighted by atomic mass is 10.1. The van der Waals surface area contributed by atoms with E-state index in [1.807, 2.05) is 12.4 Å². The number of fused-ring (bicyclic) bond motifs is 1. The maximum absolute atomic E-state index is 10.8. The van der Waals surface area contributed by atoms with Crippen LogP contribution in [0.15, 0.2) is 12.4 Å². The lowest BCUT2D eigenvalue weighted by molar-refractivity contribution is -0.119. The molecule has 0 fully saturated rings. The van der Waals surface area contributed by atoms with Crippen molar-refractivity contribution in [3.8, 4) is 0 Å². The van der Waals surface area contributed by atoms with Gasteiger partial charge in [-0.25, -0.2) is 4.98 Å². The Bertz CT molecular complexity index is 318. The fourth-order valence-electron chi connectivity index (χ4n) is 1.77. The lowest BCUT2D eigenvalue weighted by Crippen LogP contribution is -2.39. The van der Waals surface area contributed by atoms with Gasteiger partial charge in [0.05, 0.1) is 0 Å². The Labute approximate surface area is 77.0 Å². The second kappa shape index (κ2) is 3.20. The van der Waals surface area contributed by atoms with Crippen LogP contribution in [0.4, 0.5) is 0 Å². The highest BCUT2D eigenvalue weighted by Gasteiger charge is 2.18. The molecule has 0 radical (unpaired) electrons. The maximum Gasteiger partial charge on any atom is 0.217 e. The van der Waals surface area contributed by atoms with Crippen LogP contribution in [-0.2, 0) is 17.8 Å². The van der Waals surface area contributed by atoms with E-state index in [9.17, 15) is 4.79 Å². The molecule has 1 atom stereocenters. The summed E-state index contributed by atoms with van der Waals surface area (Å²) in [4.78, 5) is 15.0. The number of carbonyl (C=O) groups is 1. The number of hydrogen-bond donors (Lipinski definition) is 1. The molecule has 0 spiro atoms. The molecule has 0 aliphatic carbocycles. The molecule has 0 bridgehead atoms. The summed E-state index contributed by atoms with van der Waals surface area (Å²) in [5, 5.41) is 2.92. The summed E-state index contributed by atoms with van der Waals surface area (Å²) >= 11 is 0. The third kappa shape index (κ3) is 1.71. The predicted octanol–water partition coefficient (Wildman–Crippen LogP) is 0.334. The van der Waals surface area contributed by atoms with Crippen LogP contribution in [0.1, 0.15) is 19.2 Å². The zero-order chi connectivity index (χ0) is 9.26. The van der Waals surface area contributed by atoms with Gasteiger partial charge >= 0.3 is 0 Å². The van der Waals surface area contributed by atoms with Crippen molar-refractivity contribution in [3.05, 3.63) is 18.2 Å². The van der Waals surface area contributed by atoms with E-state index < -0.39 is 0 Å². The lowest BCUT2D eigenvalue weighted by Gasteiger charge is -2.24. The van der Waals surface area contributed by atoms with Gasteiger partial charge in [-0.3, -0.25) is 4.79 Å². The zero-order valence-electron chi connectivity index (χ0n) is 7.66. The molecule has 0 aromatic carbocycles. The van der Waals surface area contributed by atoms with Gasteiger partial charge in [-0.15, -0.1) is 0 Å². The van der Waals surface area contributed by atoms with Gasteiger partial charge in [0.1, 0.15) is 5.82 Å². The SMILES string of the molecule is CC(=O)NC1CCc2nccn2C1. The Morgan fingerprint density at radius 2 is 2.62 bits per heavy atom. The summed E-state index contributed by atoms with van der Waals surface area (Å²) in [7, 11) is 0. The quantitative estimate of drug-likeness (QED) is 0.675. The second-order valence-electron chi connectivity index (χ2n) is 3.43. The van der Waals surface area contributed by atoms with Crippen molar-refractivity contribution in [1.29, 1.82) is 0 Å². The molecule has 1 amide bonds. The van der Waals surface area contributed by atoms with Crippen LogP contribution in [0.5, 0.6) is 0 Å². The fourth-order valence-corrected chi connectivity index (χ4v) is 1.77. The summed E-state index contributed by atoms with van der Waals surface area (Å²) < 4.78 is 2.10. The van der Waals surface area contributed by atoms with Crippen molar-refractivity contribution < 1.29 is 4.79 Å². The number of amides is 1. The van der Waals surface area contributed by atoms with E-state index in [2.05, 4.69) is 14.9 Å². The molecule has 70 valence electrons. The molecule has 4 nitrogen and oxygen atoms in total. The van der Waals surface area contributed by atoms with Crippen LogP contribution in [-0.4, -0.2) is 21.5 Å². The van der Waals surface area contributed by atoms with E-state index in [1.165, 1.54) is 0 Å². The molecule has 0 saturated heterocycles. The molecule has 1 aromatic heterocycles. The molecule has 1 aliphatic rings. The van der Waals surface area contributed by atoms with Gasteiger partial charge in [-0.2, -0.15) is 0 Å². The Hall–Kier alpha value is -1.32. The first-order chi connectivity index (χ1) is 6.25. The second-order valence-corrected chi connectivity index (χ2v) is 3.43. The first-order valence-electron chi connectivity index (χ1n) is 4.53. The third-order valence-corrected chi connectivity index (χ3v) is 2.34. The van der Waals surface area contributed by atoms with E-state index in [0.717, 1.165) is 25.2 Å². The Balaban J connectivity index is 2.04. The summed E-state index contributed by atoms with van der Waals surface area (Å²) in [6.45, 7) is 2.42. The Morgan fingerprint density at radius 1 is 1.77 bits per heavy atom. The number of hydrogen-bond acceptors (Lipinski definition) is 2. The number of aryl methyl sites for hydroxylation is 1. The molecule has 2 heterocycles. The van der Waals surface area contributed by atoms with Crippen LogP contribution in [0.2, 0.25) is 0 Å². The van der Waals surface area contributed by atoms with E-state index in [1.54, 1.807) is 6.92 Å². The molecule has 0 saturated carbocycles. The van der Waals surface area contributed by atoms with E-state index in [-0.39, 0.29) is 11.9 Å². The molecular weight excluding hydrogens is 166 g/mol. The van der Waals surface area contributed by atoms with E-state index in [4.69, 9.17) is 0 Å². The molecule has 1 unspecified atom stereocenters. The molecule has 4 heteroatoms. The van der Waals surface area contributed by atoms with Gasteiger partial charge in [0.15, 0.2) is 0 Å². The maximum atomic E-state index is 10.8. The van der Waals surface area contributed by atoms with Crippen molar-refractivity contribution in [2.75, 3.05) is 0 Å². The number of rotatable bonds is 1. The van der Waals surface area contributed by atoms with Crippen molar-refractivity contribution in [1.82, 2.24) is 14.9 Å². The monoisotopic (exact) mass is 179 g/mol. The van der Waals surface area contributed by atoms with Crippen LogP contribution in [0.3, 0.4) is 0 Å². The fraction of sp³-hybridized carbons (Fsp3) is 0.556. The molecule has 2 rings (SSSR count). The van der Waals surface area contributed by atoms with E-state index >= 15 is 0 Å². The molecular formula is C9H13N3O. The first-order valence-corrected chi connectivity index (χ1v) is 4.53. The summed E-state index contributed by atoms with van der Waals surface area (Å²) in [6, 6.07) is 0.277. The third-order valence-electron chi connectivity index (χ3n) is 2.34. The topological polar surface area (TPSA) is 46.9 Å². The van der Waals surface area contributed by atoms with Crippen molar-refractivity contribution >= 4 is 5.91 Å². The number of nitrogens with one attached hydrogen (secondary N) is 1. The molecule has 1 aliphatic heterocycles.